The molecule has 160 valence electrons. The smallest absolute Gasteiger partial charge is 0.341 e. The van der Waals surface area contributed by atoms with E-state index in [0.717, 1.165) is 63.7 Å². The van der Waals surface area contributed by atoms with Crippen molar-refractivity contribution in [3.05, 3.63) is 39.4 Å². The van der Waals surface area contributed by atoms with Gasteiger partial charge in [0.2, 0.25) is 5.91 Å². The Balaban J connectivity index is 1.77. The van der Waals surface area contributed by atoms with Gasteiger partial charge >= 0.3 is 6.18 Å². The molecule has 1 aliphatic carbocycles. The molecular formula is C20H26F3N3O3. The van der Waals surface area contributed by atoms with E-state index in [9.17, 15) is 28.1 Å². The quantitative estimate of drug-likeness (QED) is 0.540. The molecule has 0 spiro atoms. The van der Waals surface area contributed by atoms with Crippen LogP contribution in [0.1, 0.15) is 49.7 Å². The number of likely N-dealkylation sites (tertiary alicyclic amines) is 1. The molecule has 2 aliphatic rings. The minimum Gasteiger partial charge on any atom is -0.341 e. The van der Waals surface area contributed by atoms with Crippen LogP contribution in [0.3, 0.4) is 0 Å². The van der Waals surface area contributed by atoms with E-state index >= 15 is 0 Å². The van der Waals surface area contributed by atoms with Gasteiger partial charge in [-0.2, -0.15) is 13.2 Å². The van der Waals surface area contributed by atoms with Gasteiger partial charge in [0.05, 0.1) is 16.9 Å². The van der Waals surface area contributed by atoms with Crippen LogP contribution in [-0.2, 0) is 17.4 Å². The van der Waals surface area contributed by atoms with Crippen molar-refractivity contribution in [3.8, 4) is 0 Å². The number of rotatable bonds is 5. The maximum absolute atomic E-state index is 12.9. The first-order valence-electron chi connectivity index (χ1n) is 10.0. The summed E-state index contributed by atoms with van der Waals surface area (Å²) in [5.41, 5.74) is -1.75. The number of likely N-dealkylation sites (N-methyl/N-ethyl adjacent to an activating group) is 1. The van der Waals surface area contributed by atoms with Crippen molar-refractivity contribution in [2.45, 2.75) is 63.2 Å². The molecule has 29 heavy (non-hydrogen) atoms. The van der Waals surface area contributed by atoms with Crippen molar-refractivity contribution >= 4 is 11.6 Å². The van der Waals surface area contributed by atoms with Gasteiger partial charge in [-0.3, -0.25) is 19.8 Å². The maximum Gasteiger partial charge on any atom is 0.416 e. The zero-order valence-corrected chi connectivity index (χ0v) is 16.5. The number of benzene rings is 1. The van der Waals surface area contributed by atoms with E-state index in [-0.39, 0.29) is 30.0 Å². The van der Waals surface area contributed by atoms with E-state index in [1.807, 2.05) is 0 Å². The van der Waals surface area contributed by atoms with Crippen molar-refractivity contribution < 1.29 is 22.9 Å². The zero-order valence-electron chi connectivity index (χ0n) is 16.5. The zero-order chi connectivity index (χ0) is 21.2. The van der Waals surface area contributed by atoms with Crippen LogP contribution >= 0.6 is 0 Å². The summed E-state index contributed by atoms with van der Waals surface area (Å²) >= 11 is 0. The minimum absolute atomic E-state index is 0.00776. The van der Waals surface area contributed by atoms with Crippen LogP contribution in [-0.4, -0.2) is 52.9 Å². The largest absolute Gasteiger partial charge is 0.416 e. The summed E-state index contributed by atoms with van der Waals surface area (Å²) in [5, 5.41) is 11.3. The van der Waals surface area contributed by atoms with Gasteiger partial charge in [0, 0.05) is 30.8 Å². The molecule has 2 fully saturated rings. The van der Waals surface area contributed by atoms with Gasteiger partial charge < -0.3 is 4.90 Å². The molecule has 6 nitrogen and oxygen atoms in total. The molecule has 3 rings (SSSR count). The number of halogens is 3. The highest BCUT2D eigenvalue weighted by Gasteiger charge is 2.37. The number of nitro groups is 1. The van der Waals surface area contributed by atoms with Crippen LogP contribution in [0.2, 0.25) is 0 Å². The highest BCUT2D eigenvalue weighted by molar-refractivity contribution is 5.80. The number of hydrogen-bond acceptors (Lipinski definition) is 4. The number of hydrogen-bond donors (Lipinski definition) is 0. The highest BCUT2D eigenvalue weighted by atomic mass is 19.4. The number of carbonyl (C=O) groups excluding carboxylic acids is 1. The Morgan fingerprint density at radius 3 is 2.48 bits per heavy atom. The van der Waals surface area contributed by atoms with Crippen molar-refractivity contribution in [3.63, 3.8) is 0 Å². The summed E-state index contributed by atoms with van der Waals surface area (Å²) in [7, 11) is 1.71. The first kappa shape index (κ1) is 21.5. The molecule has 0 aromatic heterocycles. The van der Waals surface area contributed by atoms with Crippen LogP contribution in [0.25, 0.3) is 0 Å². The molecular weight excluding hydrogens is 387 g/mol. The molecule has 1 aromatic carbocycles. The topological polar surface area (TPSA) is 66.7 Å². The molecule has 9 heteroatoms. The summed E-state index contributed by atoms with van der Waals surface area (Å²) in [6, 6.07) is 2.66. The molecule has 1 amide bonds. The van der Waals surface area contributed by atoms with Crippen LogP contribution < -0.4 is 0 Å². The summed E-state index contributed by atoms with van der Waals surface area (Å²) < 4.78 is 38.7. The van der Waals surface area contributed by atoms with E-state index in [4.69, 9.17) is 0 Å². The summed E-state index contributed by atoms with van der Waals surface area (Å²) in [6.45, 7) is 2.04. The fourth-order valence-corrected chi connectivity index (χ4v) is 4.57. The van der Waals surface area contributed by atoms with Crippen LogP contribution in [0, 0.1) is 10.1 Å². The Hall–Kier alpha value is -2.16. The number of nitrogens with zero attached hydrogens (tertiary/aromatic N) is 3. The lowest BCUT2D eigenvalue weighted by molar-refractivity contribution is -0.385. The normalized spacial score (nSPS) is 23.2. The monoisotopic (exact) mass is 413 g/mol. The molecule has 0 radical (unpaired) electrons. The standard InChI is InChI=1S/C20H26F3N3O3/c1-24(16-6-2-3-7-17(16)25-10-4-5-11-25)19(27)12-14-8-9-15(20(21,22)23)13-18(14)26(28)29/h8-9,13,16-17H,2-7,10-12H2,1H3. The van der Waals surface area contributed by atoms with E-state index in [1.54, 1.807) is 11.9 Å². The van der Waals surface area contributed by atoms with E-state index in [2.05, 4.69) is 4.90 Å². The van der Waals surface area contributed by atoms with Crippen molar-refractivity contribution in [1.29, 1.82) is 0 Å². The van der Waals surface area contributed by atoms with E-state index < -0.39 is 22.4 Å². The van der Waals surface area contributed by atoms with Gasteiger partial charge in [-0.25, -0.2) is 0 Å². The summed E-state index contributed by atoms with van der Waals surface area (Å²) in [4.78, 5) is 27.4. The third-order valence-corrected chi connectivity index (χ3v) is 6.15. The number of alkyl halides is 3. The lowest BCUT2D eigenvalue weighted by atomic mass is 9.88. The average Bonchev–Trinajstić information content (AvgIpc) is 3.21. The van der Waals surface area contributed by atoms with Gasteiger partial charge in [0.25, 0.3) is 5.69 Å². The summed E-state index contributed by atoms with van der Waals surface area (Å²) in [6.07, 6.45) is 1.37. The Morgan fingerprint density at radius 2 is 1.86 bits per heavy atom. The molecule has 2 unspecified atom stereocenters. The second kappa shape index (κ2) is 8.69. The lowest BCUT2D eigenvalue weighted by Gasteiger charge is -2.42. The van der Waals surface area contributed by atoms with Gasteiger partial charge in [0.1, 0.15) is 0 Å². The fraction of sp³-hybridized carbons (Fsp3) is 0.650. The summed E-state index contributed by atoms with van der Waals surface area (Å²) in [5.74, 6) is -0.302. The third-order valence-electron chi connectivity index (χ3n) is 6.15. The molecule has 1 aromatic rings. The van der Waals surface area contributed by atoms with Gasteiger partial charge in [-0.15, -0.1) is 0 Å². The molecule has 0 N–H and O–H groups in total. The second-order valence-corrected chi connectivity index (χ2v) is 7.94. The predicted molar refractivity (Wildman–Crippen MR) is 101 cm³/mol. The van der Waals surface area contributed by atoms with Gasteiger partial charge in [-0.1, -0.05) is 18.9 Å². The Kier molecular flexibility index (Phi) is 6.45. The Labute approximate surface area is 167 Å². The Bertz CT molecular complexity index is 763. The van der Waals surface area contributed by atoms with Crippen LogP contribution in [0.15, 0.2) is 18.2 Å². The molecule has 1 saturated heterocycles. The first-order chi connectivity index (χ1) is 13.7. The molecule has 1 saturated carbocycles. The number of amides is 1. The molecule has 1 aliphatic heterocycles. The van der Waals surface area contributed by atoms with Crippen molar-refractivity contribution in [2.75, 3.05) is 20.1 Å². The highest BCUT2D eigenvalue weighted by Crippen LogP contribution is 2.34. The second-order valence-electron chi connectivity index (χ2n) is 7.94. The van der Waals surface area contributed by atoms with Crippen molar-refractivity contribution in [2.24, 2.45) is 0 Å². The van der Waals surface area contributed by atoms with Crippen LogP contribution in [0.5, 0.6) is 0 Å². The third kappa shape index (κ3) is 4.88. The van der Waals surface area contributed by atoms with E-state index in [1.165, 1.54) is 0 Å². The van der Waals surface area contributed by atoms with Gasteiger partial charge in [-0.05, 0) is 44.8 Å². The molecule has 1 heterocycles. The number of carbonyl (C=O) groups is 1. The number of nitro benzene ring substituents is 1. The minimum atomic E-state index is -4.67. The van der Waals surface area contributed by atoms with Crippen LogP contribution in [0.4, 0.5) is 18.9 Å². The molecule has 2 atom stereocenters. The van der Waals surface area contributed by atoms with E-state index in [0.29, 0.717) is 6.07 Å². The maximum atomic E-state index is 12.9. The van der Waals surface area contributed by atoms with Gasteiger partial charge in [0.15, 0.2) is 0 Å². The first-order valence-corrected chi connectivity index (χ1v) is 10.0. The predicted octanol–water partition coefficient (Wildman–Crippen LogP) is 4.02. The fourth-order valence-electron chi connectivity index (χ4n) is 4.57. The molecule has 0 bridgehead atoms. The SMILES string of the molecule is CN(C(=O)Cc1ccc(C(F)(F)F)cc1[N+](=O)[O-])C1CCCCC1N1CCCC1. The Morgan fingerprint density at radius 1 is 1.21 bits per heavy atom. The van der Waals surface area contributed by atoms with Crippen molar-refractivity contribution in [1.82, 2.24) is 9.80 Å². The lowest BCUT2D eigenvalue weighted by Crippen LogP contribution is -2.53. The average molecular weight is 413 g/mol.